The first-order valence-electron chi connectivity index (χ1n) is 10.1. The molecule has 8 heteroatoms. The van der Waals surface area contributed by atoms with E-state index in [0.29, 0.717) is 5.82 Å². The molecular formula is C20H24N4O4. The van der Waals surface area contributed by atoms with Crippen LogP contribution in [0.1, 0.15) is 55.0 Å². The third-order valence-electron chi connectivity index (χ3n) is 5.72. The Bertz CT molecular complexity index is 873. The molecule has 148 valence electrons. The van der Waals surface area contributed by atoms with Crippen molar-refractivity contribution < 1.29 is 19.0 Å². The molecule has 0 unspecified atom stereocenters. The molecule has 5 rings (SSSR count). The van der Waals surface area contributed by atoms with E-state index >= 15 is 0 Å². The molecular weight excluding hydrogens is 360 g/mol. The molecule has 1 aliphatic carbocycles. The van der Waals surface area contributed by atoms with Crippen LogP contribution >= 0.6 is 0 Å². The number of carbonyl (C=O) groups is 1. The van der Waals surface area contributed by atoms with Crippen molar-refractivity contribution in [1.82, 2.24) is 20.1 Å². The second kappa shape index (κ2) is 7.33. The molecule has 1 N–H and O–H groups in total. The lowest BCUT2D eigenvalue weighted by molar-refractivity contribution is 0.0878. The van der Waals surface area contributed by atoms with Gasteiger partial charge in [-0.1, -0.05) is 0 Å². The van der Waals surface area contributed by atoms with Gasteiger partial charge in [0.25, 0.3) is 5.91 Å². The van der Waals surface area contributed by atoms with E-state index in [1.54, 1.807) is 0 Å². The Labute approximate surface area is 163 Å². The number of amides is 1. The van der Waals surface area contributed by atoms with E-state index in [-0.39, 0.29) is 24.8 Å². The van der Waals surface area contributed by atoms with Gasteiger partial charge in [0.05, 0.1) is 6.10 Å². The molecule has 2 aromatic rings. The fourth-order valence-corrected chi connectivity index (χ4v) is 4.19. The molecule has 0 bridgehead atoms. The Morgan fingerprint density at radius 1 is 1.11 bits per heavy atom. The minimum Gasteiger partial charge on any atom is -0.490 e. The van der Waals surface area contributed by atoms with Crippen LogP contribution in [0, 0.1) is 0 Å². The summed E-state index contributed by atoms with van der Waals surface area (Å²) in [5.74, 6) is 3.56. The fraction of sp³-hybridized carbons (Fsp3) is 0.550. The Balaban J connectivity index is 1.14. The molecule has 1 saturated carbocycles. The van der Waals surface area contributed by atoms with Gasteiger partial charge >= 0.3 is 0 Å². The van der Waals surface area contributed by atoms with Crippen molar-refractivity contribution in [2.75, 3.05) is 6.79 Å². The third-order valence-corrected chi connectivity index (χ3v) is 5.72. The molecule has 1 amide bonds. The van der Waals surface area contributed by atoms with Gasteiger partial charge in [-0.25, -0.2) is 0 Å². The van der Waals surface area contributed by atoms with Crippen molar-refractivity contribution >= 4 is 5.91 Å². The third kappa shape index (κ3) is 3.39. The Kier molecular flexibility index (Phi) is 4.54. The lowest BCUT2D eigenvalue weighted by Crippen LogP contribution is -2.40. The molecule has 8 nitrogen and oxygen atoms in total. The number of carbonyl (C=O) groups excluding carboxylic acids is 1. The summed E-state index contributed by atoms with van der Waals surface area (Å²) in [6, 6.07) is 5.82. The van der Waals surface area contributed by atoms with E-state index < -0.39 is 0 Å². The van der Waals surface area contributed by atoms with Gasteiger partial charge in [0, 0.05) is 25.1 Å². The summed E-state index contributed by atoms with van der Waals surface area (Å²) in [4.78, 5) is 12.6. The second-order valence-corrected chi connectivity index (χ2v) is 7.63. The van der Waals surface area contributed by atoms with Gasteiger partial charge in [0.2, 0.25) is 12.6 Å². The molecule has 0 spiro atoms. The first-order valence-corrected chi connectivity index (χ1v) is 10.1. The van der Waals surface area contributed by atoms with Gasteiger partial charge in [-0.05, 0) is 50.7 Å². The maximum atomic E-state index is 12.6. The van der Waals surface area contributed by atoms with Crippen LogP contribution < -0.4 is 19.5 Å². The van der Waals surface area contributed by atoms with Crippen LogP contribution in [0.25, 0.3) is 0 Å². The van der Waals surface area contributed by atoms with Crippen LogP contribution in [0.4, 0.5) is 0 Å². The van der Waals surface area contributed by atoms with Crippen molar-refractivity contribution in [2.24, 2.45) is 0 Å². The van der Waals surface area contributed by atoms with Crippen LogP contribution in [0.15, 0.2) is 18.2 Å². The lowest BCUT2D eigenvalue weighted by atomic mass is 9.93. The number of rotatable bonds is 4. The van der Waals surface area contributed by atoms with E-state index in [0.717, 1.165) is 74.6 Å². The van der Waals surface area contributed by atoms with E-state index in [2.05, 4.69) is 15.5 Å². The normalized spacial score (nSPS) is 23.1. The van der Waals surface area contributed by atoms with Crippen LogP contribution in [0.5, 0.6) is 17.2 Å². The SMILES string of the molecule is O=C(NC1CCC(Oc2ccc3c(c2)OCO3)CC1)c1nnc2n1CCCC2. The first-order chi connectivity index (χ1) is 13.8. The van der Waals surface area contributed by atoms with Crippen molar-refractivity contribution in [2.45, 2.75) is 63.6 Å². The number of hydrogen-bond donors (Lipinski definition) is 1. The number of hydrogen-bond acceptors (Lipinski definition) is 6. The van der Waals surface area contributed by atoms with Crippen molar-refractivity contribution in [3.8, 4) is 17.2 Å². The minimum absolute atomic E-state index is 0.110. The number of benzene rings is 1. The largest absolute Gasteiger partial charge is 0.490 e. The number of nitrogens with one attached hydrogen (secondary N) is 1. The van der Waals surface area contributed by atoms with Crippen molar-refractivity contribution in [3.05, 3.63) is 29.8 Å². The average molecular weight is 384 g/mol. The van der Waals surface area contributed by atoms with Crippen LogP contribution in [-0.4, -0.2) is 39.6 Å². The van der Waals surface area contributed by atoms with Gasteiger partial charge in [-0.3, -0.25) is 4.79 Å². The monoisotopic (exact) mass is 384 g/mol. The lowest BCUT2D eigenvalue weighted by Gasteiger charge is -2.29. The number of nitrogens with zero attached hydrogens (tertiary/aromatic N) is 3. The number of ether oxygens (including phenoxy) is 3. The zero-order valence-corrected chi connectivity index (χ0v) is 15.7. The predicted molar refractivity (Wildman–Crippen MR) is 99.7 cm³/mol. The maximum Gasteiger partial charge on any atom is 0.289 e. The smallest absolute Gasteiger partial charge is 0.289 e. The molecule has 1 aromatic heterocycles. The second-order valence-electron chi connectivity index (χ2n) is 7.63. The summed E-state index contributed by atoms with van der Waals surface area (Å²) >= 11 is 0. The fourth-order valence-electron chi connectivity index (χ4n) is 4.19. The summed E-state index contributed by atoms with van der Waals surface area (Å²) in [5.41, 5.74) is 0. The highest BCUT2D eigenvalue weighted by Crippen LogP contribution is 2.36. The molecule has 3 heterocycles. The quantitative estimate of drug-likeness (QED) is 0.871. The van der Waals surface area contributed by atoms with E-state index in [9.17, 15) is 4.79 Å². The number of fused-ring (bicyclic) bond motifs is 2. The molecule has 1 aromatic carbocycles. The summed E-state index contributed by atoms with van der Waals surface area (Å²) < 4.78 is 18.8. The Morgan fingerprint density at radius 2 is 1.96 bits per heavy atom. The molecule has 0 saturated heterocycles. The average Bonchev–Trinajstić information content (AvgIpc) is 3.36. The zero-order chi connectivity index (χ0) is 18.9. The van der Waals surface area contributed by atoms with Gasteiger partial charge in [-0.2, -0.15) is 0 Å². The molecule has 1 fully saturated rings. The van der Waals surface area contributed by atoms with Gasteiger partial charge in [0.15, 0.2) is 11.5 Å². The highest BCUT2D eigenvalue weighted by molar-refractivity contribution is 5.90. The summed E-state index contributed by atoms with van der Waals surface area (Å²) in [5, 5.41) is 11.4. The van der Waals surface area contributed by atoms with Gasteiger partial charge in [0.1, 0.15) is 11.6 Å². The van der Waals surface area contributed by atoms with Crippen molar-refractivity contribution in [1.29, 1.82) is 0 Å². The van der Waals surface area contributed by atoms with Crippen LogP contribution in [-0.2, 0) is 13.0 Å². The van der Waals surface area contributed by atoms with Crippen molar-refractivity contribution in [3.63, 3.8) is 0 Å². The van der Waals surface area contributed by atoms with Gasteiger partial charge < -0.3 is 24.1 Å². The predicted octanol–water partition coefficient (Wildman–Crippen LogP) is 2.46. The summed E-state index contributed by atoms with van der Waals surface area (Å²) in [6.45, 7) is 1.10. The standard InChI is InChI=1S/C20H24N4O4/c25-20(19-23-22-18-3-1-2-10-24(18)19)21-13-4-6-14(7-5-13)28-15-8-9-16-17(11-15)27-12-26-16/h8-9,11,13-14H,1-7,10,12H2,(H,21,25). The molecule has 28 heavy (non-hydrogen) atoms. The van der Waals surface area contributed by atoms with Gasteiger partial charge in [-0.15, -0.1) is 10.2 Å². The Hall–Kier alpha value is -2.77. The van der Waals surface area contributed by atoms with Crippen LogP contribution in [0.3, 0.4) is 0 Å². The summed E-state index contributed by atoms with van der Waals surface area (Å²) in [7, 11) is 0. The highest BCUT2D eigenvalue weighted by atomic mass is 16.7. The number of aryl methyl sites for hydroxylation is 1. The summed E-state index contributed by atoms with van der Waals surface area (Å²) in [6.07, 6.45) is 6.83. The molecule has 3 aliphatic rings. The highest BCUT2D eigenvalue weighted by Gasteiger charge is 2.27. The van der Waals surface area contributed by atoms with E-state index in [1.807, 2.05) is 22.8 Å². The molecule has 0 atom stereocenters. The molecule has 2 aliphatic heterocycles. The first kappa shape index (κ1) is 17.3. The Morgan fingerprint density at radius 3 is 2.86 bits per heavy atom. The number of aromatic nitrogens is 3. The topological polar surface area (TPSA) is 87.5 Å². The molecule has 0 radical (unpaired) electrons. The maximum absolute atomic E-state index is 12.6. The van der Waals surface area contributed by atoms with E-state index in [1.165, 1.54) is 0 Å². The van der Waals surface area contributed by atoms with Crippen LogP contribution in [0.2, 0.25) is 0 Å². The zero-order valence-electron chi connectivity index (χ0n) is 15.7. The minimum atomic E-state index is -0.110. The van der Waals surface area contributed by atoms with E-state index in [4.69, 9.17) is 14.2 Å².